The Hall–Kier alpha value is -3.17. The summed E-state index contributed by atoms with van der Waals surface area (Å²) in [5, 5.41) is 26.6. The van der Waals surface area contributed by atoms with Gasteiger partial charge in [-0.25, -0.2) is 9.97 Å². The van der Waals surface area contributed by atoms with Crippen LogP contribution in [0.1, 0.15) is 33.6 Å². The van der Waals surface area contributed by atoms with Gasteiger partial charge < -0.3 is 30.3 Å². The average molecular weight is 467 g/mol. The van der Waals surface area contributed by atoms with Gasteiger partial charge in [-0.3, -0.25) is 4.79 Å². The van der Waals surface area contributed by atoms with E-state index in [1.165, 1.54) is 4.57 Å². The van der Waals surface area contributed by atoms with E-state index >= 15 is 0 Å². The Morgan fingerprint density at radius 1 is 1.12 bits per heavy atom. The Bertz CT molecular complexity index is 1200. The second kappa shape index (κ2) is 9.99. The fourth-order valence-corrected chi connectivity index (χ4v) is 4.29. The maximum absolute atomic E-state index is 13.1. The first kappa shape index (κ1) is 24.0. The molecule has 9 heteroatoms. The van der Waals surface area contributed by atoms with Crippen molar-refractivity contribution in [2.24, 2.45) is 5.92 Å². The van der Waals surface area contributed by atoms with E-state index in [1.807, 2.05) is 45.0 Å². The van der Waals surface area contributed by atoms with Crippen molar-refractivity contribution in [3.8, 4) is 0 Å². The molecule has 34 heavy (non-hydrogen) atoms. The summed E-state index contributed by atoms with van der Waals surface area (Å²) in [6.45, 7) is 8.23. The number of piperidine rings is 1. The molecule has 3 aromatic rings. The molecule has 1 fully saturated rings. The minimum atomic E-state index is -0.304. The van der Waals surface area contributed by atoms with Crippen LogP contribution in [0.15, 0.2) is 41.5 Å². The van der Waals surface area contributed by atoms with Crippen LogP contribution in [0.25, 0.3) is 10.8 Å². The summed E-state index contributed by atoms with van der Waals surface area (Å²) in [7, 11) is 0. The predicted molar refractivity (Wildman–Crippen MR) is 136 cm³/mol. The Morgan fingerprint density at radius 2 is 1.88 bits per heavy atom. The van der Waals surface area contributed by atoms with Gasteiger partial charge in [-0.1, -0.05) is 0 Å². The number of nitrogens with zero attached hydrogens (tertiary/aromatic N) is 4. The van der Waals surface area contributed by atoms with Crippen LogP contribution in [0.3, 0.4) is 0 Å². The smallest absolute Gasteiger partial charge is 0.262 e. The highest BCUT2D eigenvalue weighted by Crippen LogP contribution is 2.28. The topological polar surface area (TPSA) is 116 Å². The van der Waals surface area contributed by atoms with Gasteiger partial charge in [0.2, 0.25) is 0 Å². The van der Waals surface area contributed by atoms with E-state index in [0.717, 1.165) is 37.0 Å². The molecule has 1 aliphatic rings. The van der Waals surface area contributed by atoms with Gasteiger partial charge >= 0.3 is 0 Å². The number of hydrogen-bond donors (Lipinski definition) is 4. The monoisotopic (exact) mass is 466 g/mol. The van der Waals surface area contributed by atoms with Crippen LogP contribution >= 0.6 is 0 Å². The lowest BCUT2D eigenvalue weighted by molar-refractivity contribution is 0.203. The standard InChI is InChI=1S/C25H34N6O3/c1-25(2,3)29-23-22-18(7-11-31(12-13-32)24(22)34)14-21(28-23)27-20-15-19(4-8-26-20)30-9-5-17(16-33)6-10-30/h4,7-8,11,14-15,17,32-33H,5-6,9-10,12-13,16H2,1-3H3,(H2,26,27,28,29). The van der Waals surface area contributed by atoms with Gasteiger partial charge in [0, 0.05) is 55.9 Å². The third-order valence-electron chi connectivity index (χ3n) is 6.03. The molecule has 0 amide bonds. The van der Waals surface area contributed by atoms with Crippen LogP contribution in [0.4, 0.5) is 23.1 Å². The molecule has 0 saturated carbocycles. The van der Waals surface area contributed by atoms with E-state index < -0.39 is 0 Å². The average Bonchev–Trinajstić information content (AvgIpc) is 2.80. The Kier molecular flexibility index (Phi) is 7.04. The zero-order chi connectivity index (χ0) is 24.3. The second-order valence-corrected chi connectivity index (χ2v) is 9.87. The fourth-order valence-electron chi connectivity index (χ4n) is 4.29. The van der Waals surface area contributed by atoms with Crippen molar-refractivity contribution in [2.45, 2.75) is 45.7 Å². The van der Waals surface area contributed by atoms with E-state index in [0.29, 0.717) is 28.8 Å². The summed E-state index contributed by atoms with van der Waals surface area (Å²) in [5.41, 5.74) is 0.583. The molecule has 0 spiro atoms. The lowest BCUT2D eigenvalue weighted by Gasteiger charge is -2.33. The summed E-state index contributed by atoms with van der Waals surface area (Å²) in [6.07, 6.45) is 5.42. The number of fused-ring (bicyclic) bond motifs is 1. The number of aliphatic hydroxyl groups excluding tert-OH is 2. The van der Waals surface area contributed by atoms with Crippen molar-refractivity contribution in [3.63, 3.8) is 0 Å². The van der Waals surface area contributed by atoms with Gasteiger partial charge in [-0.2, -0.15) is 0 Å². The van der Waals surface area contributed by atoms with Crippen molar-refractivity contribution in [3.05, 3.63) is 47.0 Å². The molecule has 0 bridgehead atoms. The molecule has 0 aliphatic carbocycles. The molecule has 0 atom stereocenters. The lowest BCUT2D eigenvalue weighted by atomic mass is 9.97. The predicted octanol–water partition coefficient (Wildman–Crippen LogP) is 2.95. The van der Waals surface area contributed by atoms with Crippen LogP contribution in [-0.4, -0.2) is 56.6 Å². The summed E-state index contributed by atoms with van der Waals surface area (Å²) in [6, 6.07) is 7.70. The van der Waals surface area contributed by atoms with E-state index in [4.69, 9.17) is 4.98 Å². The molecule has 0 aromatic carbocycles. The molecule has 9 nitrogen and oxygen atoms in total. The Labute approximate surface area is 199 Å². The number of pyridine rings is 3. The number of rotatable bonds is 7. The van der Waals surface area contributed by atoms with Gasteiger partial charge in [0.05, 0.1) is 12.0 Å². The second-order valence-electron chi connectivity index (χ2n) is 9.87. The molecule has 182 valence electrons. The maximum atomic E-state index is 13.1. The number of hydrogen-bond acceptors (Lipinski definition) is 8. The van der Waals surface area contributed by atoms with Crippen LogP contribution in [0.5, 0.6) is 0 Å². The summed E-state index contributed by atoms with van der Waals surface area (Å²) in [4.78, 5) is 24.6. The van der Waals surface area contributed by atoms with Gasteiger partial charge in [0.25, 0.3) is 5.56 Å². The minimum absolute atomic E-state index is 0.111. The number of anilines is 4. The highest BCUT2D eigenvalue weighted by molar-refractivity contribution is 5.93. The van der Waals surface area contributed by atoms with Gasteiger partial charge in [-0.05, 0) is 63.1 Å². The third-order valence-corrected chi connectivity index (χ3v) is 6.03. The normalized spacial score (nSPS) is 15.0. The minimum Gasteiger partial charge on any atom is -0.396 e. The molecule has 4 N–H and O–H groups in total. The van der Waals surface area contributed by atoms with Gasteiger partial charge in [-0.15, -0.1) is 0 Å². The Balaban J connectivity index is 1.66. The lowest BCUT2D eigenvalue weighted by Crippen LogP contribution is -2.34. The van der Waals surface area contributed by atoms with Gasteiger partial charge in [0.15, 0.2) is 0 Å². The largest absolute Gasteiger partial charge is 0.396 e. The van der Waals surface area contributed by atoms with Crippen LogP contribution in [-0.2, 0) is 6.54 Å². The third kappa shape index (κ3) is 5.48. The van der Waals surface area contributed by atoms with Crippen molar-refractivity contribution < 1.29 is 10.2 Å². The van der Waals surface area contributed by atoms with E-state index in [1.54, 1.807) is 12.4 Å². The fraction of sp³-hybridized carbons (Fsp3) is 0.480. The van der Waals surface area contributed by atoms with Crippen LogP contribution < -0.4 is 21.1 Å². The van der Waals surface area contributed by atoms with Crippen LogP contribution in [0, 0.1) is 5.92 Å². The summed E-state index contributed by atoms with van der Waals surface area (Å²) < 4.78 is 1.50. The number of aromatic nitrogens is 3. The molecular formula is C25H34N6O3. The van der Waals surface area contributed by atoms with Gasteiger partial charge in [0.1, 0.15) is 17.5 Å². The van der Waals surface area contributed by atoms with E-state index in [-0.39, 0.29) is 30.9 Å². The molecular weight excluding hydrogens is 432 g/mol. The quantitative estimate of drug-likeness (QED) is 0.420. The van der Waals surface area contributed by atoms with Crippen molar-refractivity contribution in [2.75, 3.05) is 41.8 Å². The molecule has 1 aliphatic heterocycles. The van der Waals surface area contributed by atoms with E-state index in [9.17, 15) is 15.0 Å². The summed E-state index contributed by atoms with van der Waals surface area (Å²) in [5.74, 6) is 2.13. The van der Waals surface area contributed by atoms with Crippen molar-refractivity contribution in [1.82, 2.24) is 14.5 Å². The molecule has 4 rings (SSSR count). The zero-order valence-corrected chi connectivity index (χ0v) is 20.1. The first-order valence-electron chi connectivity index (χ1n) is 11.8. The van der Waals surface area contributed by atoms with Crippen molar-refractivity contribution in [1.29, 1.82) is 0 Å². The molecule has 0 unspecified atom stereocenters. The highest BCUT2D eigenvalue weighted by atomic mass is 16.3. The highest BCUT2D eigenvalue weighted by Gasteiger charge is 2.20. The first-order chi connectivity index (χ1) is 16.3. The number of aliphatic hydroxyl groups is 2. The molecule has 0 radical (unpaired) electrons. The number of nitrogens with one attached hydrogen (secondary N) is 2. The van der Waals surface area contributed by atoms with Crippen molar-refractivity contribution >= 4 is 33.9 Å². The zero-order valence-electron chi connectivity index (χ0n) is 20.1. The summed E-state index contributed by atoms with van der Waals surface area (Å²) >= 11 is 0. The van der Waals surface area contributed by atoms with Crippen LogP contribution in [0.2, 0.25) is 0 Å². The Morgan fingerprint density at radius 3 is 2.56 bits per heavy atom. The first-order valence-corrected chi connectivity index (χ1v) is 11.8. The molecule has 3 aromatic heterocycles. The van der Waals surface area contributed by atoms with E-state index in [2.05, 4.69) is 20.5 Å². The molecule has 1 saturated heterocycles. The molecule has 4 heterocycles. The maximum Gasteiger partial charge on any atom is 0.262 e. The SMILES string of the molecule is CC(C)(C)Nc1nc(Nc2cc(N3CCC(CO)CC3)ccn2)cc2ccn(CCO)c(=O)c12.